The average molecular weight is 745 g/mol. The van der Waals surface area contributed by atoms with Crippen LogP contribution in [-0.4, -0.2) is 17.6 Å². The number of nitrogens with zero attached hydrogens (tertiary/aromatic N) is 4. The molecule has 0 spiro atoms. The van der Waals surface area contributed by atoms with Crippen LogP contribution in [0.1, 0.15) is 0 Å². The number of fused-ring (bicyclic) bond motifs is 3. The summed E-state index contributed by atoms with van der Waals surface area (Å²) < 4.78 is 8.67. The predicted octanol–water partition coefficient (Wildman–Crippen LogP) is 8.03. The number of ether oxygens (including phenoxy) is 1. The molecule has 0 aliphatic carbocycles. The van der Waals surface area contributed by atoms with E-state index >= 15 is 0 Å². The van der Waals surface area contributed by atoms with E-state index in [9.17, 15) is 0 Å². The van der Waals surface area contributed by atoms with Crippen molar-refractivity contribution in [1.82, 2.24) is 9.55 Å². The second kappa shape index (κ2) is 11.3. The van der Waals surface area contributed by atoms with Gasteiger partial charge in [-0.15, -0.1) is 42.0 Å². The van der Waals surface area contributed by atoms with Crippen LogP contribution in [0.15, 0.2) is 116 Å². The number of benzene rings is 4. The number of anilines is 2. The molecule has 6 aromatic rings. The molecule has 0 N–H and O–H groups in total. The number of hydrogen-bond donors (Lipinski definition) is 0. The Morgan fingerprint density at radius 2 is 1.50 bits per heavy atom. The van der Waals surface area contributed by atoms with Crippen molar-refractivity contribution in [2.45, 2.75) is 19.6 Å². The smallest absolute Gasteiger partial charge is 0.135 e. The molecule has 1 aliphatic rings. The number of rotatable bonds is 6. The standard InChI is InChI=1S/C35H29N4OSi.Pt/c1-41(2,3)30-22-27(38-20-19-37(25-38)26-11-5-4-6-12-26)21-29(23-30)40-28-16-17-32-31-13-7-8-14-33(31)39(34(32)24-28)35-15-9-10-18-36-35;/h4-20,22-23,25H,1-3H3;/q-3;. The van der Waals surface area contributed by atoms with E-state index in [2.05, 4.69) is 125 Å². The maximum absolute atomic E-state index is 6.52. The summed E-state index contributed by atoms with van der Waals surface area (Å²) in [6.07, 6.45) is 5.93. The summed E-state index contributed by atoms with van der Waals surface area (Å²) in [4.78, 5) is 8.84. The summed E-state index contributed by atoms with van der Waals surface area (Å²) in [6, 6.07) is 40.2. The van der Waals surface area contributed by atoms with Gasteiger partial charge in [0.25, 0.3) is 0 Å². The Hall–Kier alpha value is -4.12. The topological polar surface area (TPSA) is 33.5 Å². The molecule has 0 saturated heterocycles. The molecule has 4 aromatic carbocycles. The maximum atomic E-state index is 6.52. The maximum Gasteiger partial charge on any atom is 0.135 e. The van der Waals surface area contributed by atoms with E-state index in [1.165, 1.54) is 5.19 Å². The predicted molar refractivity (Wildman–Crippen MR) is 171 cm³/mol. The second-order valence-corrected chi connectivity index (χ2v) is 16.2. The molecule has 42 heavy (non-hydrogen) atoms. The van der Waals surface area contributed by atoms with Crippen LogP contribution >= 0.6 is 0 Å². The van der Waals surface area contributed by atoms with Crippen molar-refractivity contribution >= 4 is 46.4 Å². The number of hydrogen-bond acceptors (Lipinski definition) is 4. The number of para-hydroxylation sites is 2. The SMILES string of the molecule is C[Si](C)(C)c1cc(Oc2[c-]c3c(cc2)c2ccccc2n3-c2ccccn2)[c-]c(N2C=CN(c3ccccc3)[CH-]2)c1.[Pt]. The fraction of sp³-hybridized carbons (Fsp3) is 0.0857. The van der Waals surface area contributed by atoms with Gasteiger partial charge in [0.1, 0.15) is 5.82 Å². The first kappa shape index (κ1) is 28.0. The summed E-state index contributed by atoms with van der Waals surface area (Å²) in [5.41, 5.74) is 4.07. The number of pyridine rings is 1. The Labute approximate surface area is 262 Å². The molecular formula is C35H29N4OPtSi-3. The van der Waals surface area contributed by atoms with Crippen LogP contribution in [-0.2, 0) is 21.1 Å². The fourth-order valence-corrected chi connectivity index (χ4v) is 6.32. The van der Waals surface area contributed by atoms with Gasteiger partial charge >= 0.3 is 0 Å². The van der Waals surface area contributed by atoms with E-state index < -0.39 is 8.07 Å². The van der Waals surface area contributed by atoms with E-state index in [0.29, 0.717) is 11.5 Å². The molecule has 0 bridgehead atoms. The van der Waals surface area contributed by atoms with Crippen LogP contribution in [0.4, 0.5) is 11.4 Å². The van der Waals surface area contributed by atoms with Crippen molar-refractivity contribution in [1.29, 1.82) is 0 Å². The van der Waals surface area contributed by atoms with Crippen molar-refractivity contribution in [2.24, 2.45) is 0 Å². The van der Waals surface area contributed by atoms with Crippen molar-refractivity contribution in [3.8, 4) is 17.3 Å². The first-order valence-electron chi connectivity index (χ1n) is 13.7. The van der Waals surface area contributed by atoms with Gasteiger partial charge in [0.15, 0.2) is 0 Å². The zero-order chi connectivity index (χ0) is 28.0. The van der Waals surface area contributed by atoms with Crippen LogP contribution in [0.2, 0.25) is 19.6 Å². The molecule has 2 aromatic heterocycles. The van der Waals surface area contributed by atoms with Gasteiger partial charge in [0.2, 0.25) is 0 Å². The van der Waals surface area contributed by atoms with E-state index in [1.54, 1.807) is 0 Å². The Balaban J connectivity index is 0.00000316. The summed E-state index contributed by atoms with van der Waals surface area (Å²) in [7, 11) is -1.67. The second-order valence-electron chi connectivity index (χ2n) is 11.2. The Kier molecular flexibility index (Phi) is 7.52. The zero-order valence-electron chi connectivity index (χ0n) is 23.6. The first-order chi connectivity index (χ1) is 19.9. The minimum absolute atomic E-state index is 0. The molecule has 7 heteroatoms. The summed E-state index contributed by atoms with van der Waals surface area (Å²) in [5, 5.41) is 3.56. The molecule has 212 valence electrons. The molecular weight excluding hydrogens is 716 g/mol. The third-order valence-electron chi connectivity index (χ3n) is 7.32. The van der Waals surface area contributed by atoms with E-state index in [1.807, 2.05) is 48.7 Å². The van der Waals surface area contributed by atoms with Gasteiger partial charge in [-0.25, -0.2) is 4.98 Å². The van der Waals surface area contributed by atoms with Crippen LogP contribution in [0.3, 0.4) is 0 Å². The molecule has 0 amide bonds. The van der Waals surface area contributed by atoms with Crippen molar-refractivity contribution in [3.63, 3.8) is 0 Å². The molecule has 0 saturated carbocycles. The summed E-state index contributed by atoms with van der Waals surface area (Å²) in [6.45, 7) is 9.11. The zero-order valence-corrected chi connectivity index (χ0v) is 26.8. The van der Waals surface area contributed by atoms with E-state index in [0.717, 1.165) is 39.0 Å². The quantitative estimate of drug-likeness (QED) is 0.128. The minimum atomic E-state index is -1.67. The summed E-state index contributed by atoms with van der Waals surface area (Å²) in [5.74, 6) is 2.16. The largest absolute Gasteiger partial charge is 0.509 e. The van der Waals surface area contributed by atoms with Crippen molar-refractivity contribution in [3.05, 3.63) is 134 Å². The van der Waals surface area contributed by atoms with Crippen LogP contribution in [0, 0.1) is 18.8 Å². The number of aromatic nitrogens is 2. The molecule has 0 unspecified atom stereocenters. The Bertz CT molecular complexity index is 1900. The van der Waals surface area contributed by atoms with Crippen LogP contribution in [0.25, 0.3) is 27.6 Å². The first-order valence-corrected chi connectivity index (χ1v) is 17.2. The molecule has 0 fully saturated rings. The Morgan fingerprint density at radius 3 is 2.29 bits per heavy atom. The van der Waals surface area contributed by atoms with Crippen molar-refractivity contribution < 1.29 is 25.8 Å². The molecule has 7 rings (SSSR count). The van der Waals surface area contributed by atoms with Gasteiger partial charge in [0.05, 0.1) is 8.07 Å². The van der Waals surface area contributed by atoms with Gasteiger partial charge in [-0.1, -0.05) is 67.6 Å². The fourth-order valence-electron chi connectivity index (χ4n) is 5.18. The third kappa shape index (κ3) is 5.28. The van der Waals surface area contributed by atoms with E-state index in [-0.39, 0.29) is 21.1 Å². The Morgan fingerprint density at radius 1 is 0.738 bits per heavy atom. The molecule has 0 atom stereocenters. The third-order valence-corrected chi connectivity index (χ3v) is 9.34. The van der Waals surface area contributed by atoms with Gasteiger partial charge in [-0.2, -0.15) is 17.3 Å². The van der Waals surface area contributed by atoms with Gasteiger partial charge in [-0.3, -0.25) is 0 Å². The monoisotopic (exact) mass is 744 g/mol. The van der Waals surface area contributed by atoms with Crippen LogP contribution in [0.5, 0.6) is 11.5 Å². The van der Waals surface area contributed by atoms with Crippen LogP contribution < -0.4 is 19.7 Å². The van der Waals surface area contributed by atoms with Gasteiger partial charge in [-0.05, 0) is 48.1 Å². The van der Waals surface area contributed by atoms with Gasteiger partial charge in [0, 0.05) is 50.0 Å². The van der Waals surface area contributed by atoms with Crippen molar-refractivity contribution in [2.75, 3.05) is 9.80 Å². The molecule has 5 nitrogen and oxygen atoms in total. The van der Waals surface area contributed by atoms with E-state index in [4.69, 9.17) is 4.74 Å². The molecule has 3 heterocycles. The van der Waals surface area contributed by atoms with Gasteiger partial charge < -0.3 is 19.1 Å². The average Bonchev–Trinajstić information content (AvgIpc) is 3.61. The minimum Gasteiger partial charge on any atom is -0.509 e. The summed E-state index contributed by atoms with van der Waals surface area (Å²) >= 11 is 0. The normalized spacial score (nSPS) is 13.1. The molecule has 1 aliphatic heterocycles. The molecule has 0 radical (unpaired) electrons.